The third-order valence-corrected chi connectivity index (χ3v) is 5.11. The van der Waals surface area contributed by atoms with Gasteiger partial charge in [-0.3, -0.25) is 9.59 Å². The number of H-pyrrole nitrogens is 1. The van der Waals surface area contributed by atoms with E-state index in [1.807, 2.05) is 30.3 Å². The maximum Gasteiger partial charge on any atom is 0.407 e. The highest BCUT2D eigenvalue weighted by atomic mass is 16.6. The number of benzene rings is 3. The van der Waals surface area contributed by atoms with Crippen molar-refractivity contribution in [1.29, 1.82) is 0 Å². The van der Waals surface area contributed by atoms with Crippen LogP contribution >= 0.6 is 0 Å². The Bertz CT molecular complexity index is 1450. The van der Waals surface area contributed by atoms with Crippen molar-refractivity contribution in [3.8, 4) is 11.3 Å². The molecule has 0 unspecified atom stereocenters. The summed E-state index contributed by atoms with van der Waals surface area (Å²) in [6, 6.07) is 21.5. The van der Waals surface area contributed by atoms with Crippen molar-refractivity contribution in [1.82, 2.24) is 15.5 Å². The Kier molecular flexibility index (Phi) is 6.64. The number of alkyl carbamates (subject to hydrolysis) is 1. The Balaban J connectivity index is 1.50. The molecule has 0 atom stereocenters. The van der Waals surface area contributed by atoms with Crippen LogP contribution in [0.3, 0.4) is 0 Å². The maximum absolute atomic E-state index is 12.9. The number of aromatic amines is 1. The standard InChI is InChI=1S/C27H26N4O4/c1-27(2,3)35-26(34)28-16-17-8-6-10-19(14-17)24(32)29-20-11-7-9-18(15-20)23-21-12-4-5-13-22(21)25(33)31-30-23/h4-15H,16H2,1-3H3,(H,28,34)(H,29,32)(H,31,33). The summed E-state index contributed by atoms with van der Waals surface area (Å²) in [5.74, 6) is -0.291. The van der Waals surface area contributed by atoms with Crippen molar-refractivity contribution in [3.05, 3.63) is 94.3 Å². The van der Waals surface area contributed by atoms with E-state index in [4.69, 9.17) is 4.74 Å². The average Bonchev–Trinajstić information content (AvgIpc) is 2.82. The molecule has 8 heteroatoms. The summed E-state index contributed by atoms with van der Waals surface area (Å²) in [4.78, 5) is 36.9. The van der Waals surface area contributed by atoms with Crippen LogP contribution in [-0.4, -0.2) is 27.8 Å². The van der Waals surface area contributed by atoms with E-state index >= 15 is 0 Å². The monoisotopic (exact) mass is 470 g/mol. The van der Waals surface area contributed by atoms with Crippen LogP contribution in [-0.2, 0) is 11.3 Å². The van der Waals surface area contributed by atoms with E-state index in [2.05, 4.69) is 20.8 Å². The molecule has 0 aliphatic heterocycles. The molecule has 0 fully saturated rings. The van der Waals surface area contributed by atoms with Gasteiger partial charge in [0.1, 0.15) is 5.60 Å². The van der Waals surface area contributed by atoms with Gasteiger partial charge >= 0.3 is 6.09 Å². The van der Waals surface area contributed by atoms with E-state index in [-0.39, 0.29) is 18.0 Å². The van der Waals surface area contributed by atoms with Crippen LogP contribution in [0.4, 0.5) is 10.5 Å². The highest BCUT2D eigenvalue weighted by molar-refractivity contribution is 6.05. The molecule has 2 amide bonds. The number of ether oxygens (including phenoxy) is 1. The van der Waals surface area contributed by atoms with Gasteiger partial charge in [-0.05, 0) is 56.7 Å². The first-order valence-electron chi connectivity index (χ1n) is 11.1. The smallest absolute Gasteiger partial charge is 0.407 e. The second kappa shape index (κ2) is 9.80. The summed E-state index contributed by atoms with van der Waals surface area (Å²) < 4.78 is 5.24. The number of fused-ring (bicyclic) bond motifs is 1. The van der Waals surface area contributed by atoms with Gasteiger partial charge in [-0.25, -0.2) is 9.89 Å². The Labute approximate surface area is 202 Å². The van der Waals surface area contributed by atoms with Crippen LogP contribution in [0.5, 0.6) is 0 Å². The zero-order chi connectivity index (χ0) is 25.0. The van der Waals surface area contributed by atoms with E-state index in [9.17, 15) is 14.4 Å². The highest BCUT2D eigenvalue weighted by Crippen LogP contribution is 2.26. The zero-order valence-corrected chi connectivity index (χ0v) is 19.7. The molecular weight excluding hydrogens is 444 g/mol. The first-order valence-corrected chi connectivity index (χ1v) is 11.1. The fourth-order valence-electron chi connectivity index (χ4n) is 3.59. The van der Waals surface area contributed by atoms with E-state index in [1.54, 1.807) is 63.2 Å². The Hall–Kier alpha value is -4.46. The minimum atomic E-state index is -0.586. The van der Waals surface area contributed by atoms with Gasteiger partial charge in [0.05, 0.1) is 11.1 Å². The summed E-state index contributed by atoms with van der Waals surface area (Å²) in [6.45, 7) is 5.61. The number of rotatable bonds is 5. The molecule has 4 aromatic rings. The number of nitrogens with zero attached hydrogens (tertiary/aromatic N) is 1. The Morgan fingerprint density at radius 2 is 1.69 bits per heavy atom. The molecule has 0 saturated heterocycles. The normalized spacial score (nSPS) is 11.2. The lowest BCUT2D eigenvalue weighted by molar-refractivity contribution is 0.0523. The summed E-state index contributed by atoms with van der Waals surface area (Å²) in [5, 5.41) is 13.6. The quantitative estimate of drug-likeness (QED) is 0.385. The van der Waals surface area contributed by atoms with Gasteiger partial charge in [0, 0.05) is 28.7 Å². The SMILES string of the molecule is CC(C)(C)OC(=O)NCc1cccc(C(=O)Nc2cccc(-c3n[nH]c(=O)c4ccccc34)c2)c1. The largest absolute Gasteiger partial charge is 0.444 e. The lowest BCUT2D eigenvalue weighted by atomic mass is 10.0. The summed E-state index contributed by atoms with van der Waals surface area (Å²) in [7, 11) is 0. The van der Waals surface area contributed by atoms with Crippen molar-refractivity contribution >= 4 is 28.5 Å². The number of nitrogens with one attached hydrogen (secondary N) is 3. The molecule has 0 saturated carbocycles. The van der Waals surface area contributed by atoms with Crippen molar-refractivity contribution in [2.45, 2.75) is 32.9 Å². The minimum absolute atomic E-state index is 0.233. The van der Waals surface area contributed by atoms with E-state index < -0.39 is 11.7 Å². The Morgan fingerprint density at radius 1 is 0.943 bits per heavy atom. The van der Waals surface area contributed by atoms with Gasteiger partial charge in [-0.1, -0.05) is 42.5 Å². The van der Waals surface area contributed by atoms with Crippen LogP contribution in [0.15, 0.2) is 77.6 Å². The molecular formula is C27H26N4O4. The van der Waals surface area contributed by atoms with E-state index in [0.717, 1.165) is 16.5 Å². The molecule has 0 bridgehead atoms. The fourth-order valence-corrected chi connectivity index (χ4v) is 3.59. The predicted molar refractivity (Wildman–Crippen MR) is 135 cm³/mol. The second-order valence-corrected chi connectivity index (χ2v) is 9.04. The topological polar surface area (TPSA) is 113 Å². The molecule has 178 valence electrons. The summed E-state index contributed by atoms with van der Waals surface area (Å²) in [6.07, 6.45) is -0.521. The van der Waals surface area contributed by atoms with Crippen LogP contribution < -0.4 is 16.2 Å². The third-order valence-electron chi connectivity index (χ3n) is 5.11. The molecule has 0 spiro atoms. The van der Waals surface area contributed by atoms with Crippen LogP contribution in [0.2, 0.25) is 0 Å². The van der Waals surface area contributed by atoms with E-state index in [1.165, 1.54) is 0 Å². The van der Waals surface area contributed by atoms with Crippen LogP contribution in [0.25, 0.3) is 22.0 Å². The van der Waals surface area contributed by atoms with Crippen molar-refractivity contribution in [3.63, 3.8) is 0 Å². The van der Waals surface area contributed by atoms with E-state index in [0.29, 0.717) is 22.3 Å². The lowest BCUT2D eigenvalue weighted by Gasteiger charge is -2.19. The Morgan fingerprint density at radius 3 is 2.46 bits per heavy atom. The van der Waals surface area contributed by atoms with Gasteiger partial charge in [0.15, 0.2) is 0 Å². The molecule has 1 heterocycles. The number of hydrogen-bond donors (Lipinski definition) is 3. The van der Waals surface area contributed by atoms with Crippen LogP contribution in [0, 0.1) is 0 Å². The highest BCUT2D eigenvalue weighted by Gasteiger charge is 2.16. The molecule has 0 aliphatic rings. The first kappa shape index (κ1) is 23.7. The molecule has 35 heavy (non-hydrogen) atoms. The zero-order valence-electron chi connectivity index (χ0n) is 19.7. The maximum atomic E-state index is 12.9. The van der Waals surface area contributed by atoms with Gasteiger partial charge in [-0.2, -0.15) is 5.10 Å². The molecule has 1 aromatic heterocycles. The second-order valence-electron chi connectivity index (χ2n) is 9.04. The summed E-state index contributed by atoms with van der Waals surface area (Å²) >= 11 is 0. The number of aromatic nitrogens is 2. The minimum Gasteiger partial charge on any atom is -0.444 e. The van der Waals surface area contributed by atoms with Gasteiger partial charge in [0.2, 0.25) is 0 Å². The molecule has 3 N–H and O–H groups in total. The molecule has 8 nitrogen and oxygen atoms in total. The van der Waals surface area contributed by atoms with Gasteiger partial charge < -0.3 is 15.4 Å². The number of hydrogen-bond acceptors (Lipinski definition) is 5. The molecule has 0 radical (unpaired) electrons. The molecule has 0 aliphatic carbocycles. The van der Waals surface area contributed by atoms with Gasteiger partial charge in [0.25, 0.3) is 11.5 Å². The predicted octanol–water partition coefficient (Wildman–Crippen LogP) is 4.87. The third kappa shape index (κ3) is 5.92. The number of carbonyl (C=O) groups excluding carboxylic acids is 2. The van der Waals surface area contributed by atoms with Crippen molar-refractivity contribution < 1.29 is 14.3 Å². The van der Waals surface area contributed by atoms with Gasteiger partial charge in [-0.15, -0.1) is 0 Å². The van der Waals surface area contributed by atoms with Crippen LogP contribution in [0.1, 0.15) is 36.7 Å². The average molecular weight is 471 g/mol. The molecule has 4 rings (SSSR count). The van der Waals surface area contributed by atoms with Crippen molar-refractivity contribution in [2.24, 2.45) is 0 Å². The fraction of sp³-hybridized carbons (Fsp3) is 0.185. The first-order chi connectivity index (χ1) is 16.7. The number of anilines is 1. The lowest BCUT2D eigenvalue weighted by Crippen LogP contribution is -2.32. The number of carbonyl (C=O) groups is 2. The molecule has 3 aromatic carbocycles. The van der Waals surface area contributed by atoms with Crippen molar-refractivity contribution in [2.75, 3.05) is 5.32 Å². The summed E-state index contributed by atoms with van der Waals surface area (Å²) in [5.41, 5.74) is 2.33. The number of amides is 2.